The Labute approximate surface area is 194 Å². The number of nitrogens with one attached hydrogen (secondary N) is 3. The summed E-state index contributed by atoms with van der Waals surface area (Å²) in [6.45, 7) is 1.90. The highest BCUT2D eigenvalue weighted by atomic mass is 19.4. The zero-order valence-corrected chi connectivity index (χ0v) is 18.8. The minimum atomic E-state index is -4.63. The molecule has 3 N–H and O–H groups in total. The van der Waals surface area contributed by atoms with E-state index in [0.29, 0.717) is 12.1 Å². The number of carbonyl (C=O) groups excluding carboxylic acids is 1. The van der Waals surface area contributed by atoms with E-state index >= 15 is 0 Å². The third-order valence-corrected chi connectivity index (χ3v) is 7.10. The van der Waals surface area contributed by atoms with Crippen molar-refractivity contribution in [3.8, 4) is 0 Å². The van der Waals surface area contributed by atoms with Crippen LogP contribution in [-0.2, 0) is 9.47 Å². The first-order chi connectivity index (χ1) is 16.1. The number of piperidine rings is 1. The topological polar surface area (TPSA) is 71.6 Å². The molecule has 7 atom stereocenters. The predicted molar refractivity (Wildman–Crippen MR) is 114 cm³/mol. The number of alkyl halides is 4. The Morgan fingerprint density at radius 3 is 2.50 bits per heavy atom. The molecular formula is C23H30F5N3O3. The van der Waals surface area contributed by atoms with Crippen molar-refractivity contribution in [1.82, 2.24) is 10.6 Å². The maximum atomic E-state index is 14.2. The SMILES string of the molecule is CC1CCC(NC(=O)Nc2ccc(F)cc2)C(OC2CCC(F)CC2[C@@]2(C(F)(F)F)CCO2)N1. The second-order valence-electron chi connectivity index (χ2n) is 9.45. The van der Waals surface area contributed by atoms with Crippen LogP contribution in [0.2, 0.25) is 0 Å². The van der Waals surface area contributed by atoms with Gasteiger partial charge in [-0.2, -0.15) is 13.2 Å². The second kappa shape index (κ2) is 9.94. The van der Waals surface area contributed by atoms with E-state index in [1.807, 2.05) is 6.92 Å². The van der Waals surface area contributed by atoms with Crippen molar-refractivity contribution in [2.45, 2.75) is 87.8 Å². The first-order valence-electron chi connectivity index (χ1n) is 11.7. The molecule has 190 valence electrons. The van der Waals surface area contributed by atoms with E-state index in [4.69, 9.17) is 9.47 Å². The highest BCUT2D eigenvalue weighted by molar-refractivity contribution is 5.89. The summed E-state index contributed by atoms with van der Waals surface area (Å²) >= 11 is 0. The Morgan fingerprint density at radius 1 is 1.18 bits per heavy atom. The molecule has 0 bridgehead atoms. The fourth-order valence-corrected chi connectivity index (χ4v) is 5.19. The molecule has 4 rings (SSSR count). The molecule has 2 saturated heterocycles. The quantitative estimate of drug-likeness (QED) is 0.524. The van der Waals surface area contributed by atoms with E-state index in [0.717, 1.165) is 6.42 Å². The van der Waals surface area contributed by atoms with Crippen molar-refractivity contribution < 1.29 is 36.2 Å². The van der Waals surface area contributed by atoms with Crippen molar-refractivity contribution in [2.75, 3.05) is 11.9 Å². The fourth-order valence-electron chi connectivity index (χ4n) is 5.19. The van der Waals surface area contributed by atoms with Crippen molar-refractivity contribution in [3.05, 3.63) is 30.1 Å². The molecule has 2 aliphatic heterocycles. The molecule has 2 heterocycles. The van der Waals surface area contributed by atoms with Crippen molar-refractivity contribution >= 4 is 11.7 Å². The Morgan fingerprint density at radius 2 is 1.88 bits per heavy atom. The van der Waals surface area contributed by atoms with Gasteiger partial charge in [0, 0.05) is 24.1 Å². The largest absolute Gasteiger partial charge is 0.417 e. The third-order valence-electron chi connectivity index (χ3n) is 7.10. The minimum absolute atomic E-state index is 0.0217. The van der Waals surface area contributed by atoms with Gasteiger partial charge in [0.25, 0.3) is 0 Å². The average Bonchev–Trinajstić information content (AvgIpc) is 2.71. The summed E-state index contributed by atoms with van der Waals surface area (Å²) in [7, 11) is 0. The van der Waals surface area contributed by atoms with Gasteiger partial charge in [-0.15, -0.1) is 0 Å². The number of carbonyl (C=O) groups is 1. The van der Waals surface area contributed by atoms with Gasteiger partial charge in [-0.3, -0.25) is 5.32 Å². The van der Waals surface area contributed by atoms with Crippen LogP contribution in [0.15, 0.2) is 24.3 Å². The van der Waals surface area contributed by atoms with Gasteiger partial charge in [-0.05, 0) is 63.3 Å². The Kier molecular flexibility index (Phi) is 7.35. The molecule has 3 aliphatic rings. The lowest BCUT2D eigenvalue weighted by Gasteiger charge is -2.53. The van der Waals surface area contributed by atoms with Crippen molar-refractivity contribution in [2.24, 2.45) is 5.92 Å². The number of rotatable bonds is 5. The Balaban J connectivity index is 1.46. The number of halogens is 5. The monoisotopic (exact) mass is 491 g/mol. The molecule has 3 fully saturated rings. The van der Waals surface area contributed by atoms with E-state index in [1.165, 1.54) is 24.3 Å². The molecule has 6 nitrogen and oxygen atoms in total. The van der Waals surface area contributed by atoms with Gasteiger partial charge in [-0.25, -0.2) is 13.6 Å². The van der Waals surface area contributed by atoms with Gasteiger partial charge in [0.2, 0.25) is 0 Å². The summed E-state index contributed by atoms with van der Waals surface area (Å²) in [5.41, 5.74) is -2.00. The molecule has 1 aliphatic carbocycles. The van der Waals surface area contributed by atoms with Crippen LogP contribution in [0.3, 0.4) is 0 Å². The summed E-state index contributed by atoms with van der Waals surface area (Å²) in [6.07, 6.45) is -6.60. The zero-order chi connectivity index (χ0) is 24.5. The highest BCUT2D eigenvalue weighted by Gasteiger charge is 2.67. The Bertz CT molecular complexity index is 849. The summed E-state index contributed by atoms with van der Waals surface area (Å²) in [4.78, 5) is 12.5. The molecule has 6 unspecified atom stereocenters. The highest BCUT2D eigenvalue weighted by Crippen LogP contribution is 2.53. The molecule has 0 radical (unpaired) electrons. The molecule has 11 heteroatoms. The first kappa shape index (κ1) is 25.1. The second-order valence-corrected chi connectivity index (χ2v) is 9.45. The van der Waals surface area contributed by atoms with Crippen LogP contribution in [0.25, 0.3) is 0 Å². The van der Waals surface area contributed by atoms with Crippen LogP contribution < -0.4 is 16.0 Å². The summed E-state index contributed by atoms with van der Waals surface area (Å²) in [5, 5.41) is 8.63. The summed E-state index contributed by atoms with van der Waals surface area (Å²) in [5.74, 6) is -1.60. The number of ether oxygens (including phenoxy) is 2. The lowest BCUT2D eigenvalue weighted by Crippen LogP contribution is -2.66. The van der Waals surface area contributed by atoms with Crippen LogP contribution >= 0.6 is 0 Å². The normalized spacial score (nSPS) is 36.4. The first-order valence-corrected chi connectivity index (χ1v) is 11.7. The standard InChI is InChI=1S/C23H30F5N3O3/c1-13-2-8-18(31-21(32)30-16-6-3-14(24)4-7-16)20(29-13)34-19-9-5-15(25)12-17(19)22(10-11-33-22)23(26,27)28/h3-4,6-7,13,15,17-20,29H,2,5,8-12H2,1H3,(H2,30,31,32)/t13?,15?,17?,18?,19?,20?,22-/m1/s1. The lowest BCUT2D eigenvalue weighted by molar-refractivity contribution is -0.360. The molecule has 1 aromatic carbocycles. The molecule has 1 saturated carbocycles. The van der Waals surface area contributed by atoms with Crippen LogP contribution in [0.5, 0.6) is 0 Å². The Hall–Kier alpha value is -1.98. The van der Waals surface area contributed by atoms with E-state index in [9.17, 15) is 26.7 Å². The van der Waals surface area contributed by atoms with E-state index in [-0.39, 0.29) is 38.3 Å². The molecule has 0 spiro atoms. The van der Waals surface area contributed by atoms with Gasteiger partial charge in [0.05, 0.1) is 18.8 Å². The van der Waals surface area contributed by atoms with Gasteiger partial charge in [-0.1, -0.05) is 0 Å². The lowest BCUT2D eigenvalue weighted by atomic mass is 9.70. The van der Waals surface area contributed by atoms with Crippen LogP contribution in [0.1, 0.15) is 45.4 Å². The van der Waals surface area contributed by atoms with E-state index in [2.05, 4.69) is 16.0 Å². The average molecular weight is 492 g/mol. The van der Waals surface area contributed by atoms with Crippen LogP contribution in [0.4, 0.5) is 32.4 Å². The summed E-state index contributed by atoms with van der Waals surface area (Å²) < 4.78 is 80.4. The zero-order valence-electron chi connectivity index (χ0n) is 18.8. The van der Waals surface area contributed by atoms with Gasteiger partial charge >= 0.3 is 12.2 Å². The van der Waals surface area contributed by atoms with E-state index in [1.54, 1.807) is 0 Å². The molecule has 1 aromatic rings. The number of benzene rings is 1. The maximum Gasteiger partial charge on any atom is 0.417 e. The predicted octanol–water partition coefficient (Wildman–Crippen LogP) is 4.66. The minimum Gasteiger partial charge on any atom is -0.365 e. The number of anilines is 1. The third kappa shape index (κ3) is 5.31. The number of urea groups is 1. The fraction of sp³-hybridized carbons (Fsp3) is 0.696. The van der Waals surface area contributed by atoms with Gasteiger partial charge in [0.1, 0.15) is 18.2 Å². The molecular weight excluding hydrogens is 461 g/mol. The maximum absolute atomic E-state index is 14.2. The van der Waals surface area contributed by atoms with Crippen LogP contribution in [-0.4, -0.2) is 55.0 Å². The van der Waals surface area contributed by atoms with Crippen molar-refractivity contribution in [3.63, 3.8) is 0 Å². The summed E-state index contributed by atoms with van der Waals surface area (Å²) in [6, 6.07) is 4.22. The van der Waals surface area contributed by atoms with Crippen LogP contribution in [0, 0.1) is 11.7 Å². The molecule has 2 amide bonds. The molecule has 0 aromatic heterocycles. The number of hydrogen-bond donors (Lipinski definition) is 3. The number of hydrogen-bond acceptors (Lipinski definition) is 4. The smallest absolute Gasteiger partial charge is 0.365 e. The van der Waals surface area contributed by atoms with Gasteiger partial charge in [0.15, 0.2) is 5.60 Å². The molecule has 34 heavy (non-hydrogen) atoms. The van der Waals surface area contributed by atoms with E-state index < -0.39 is 54.1 Å². The van der Waals surface area contributed by atoms with Gasteiger partial charge < -0.3 is 20.1 Å². The van der Waals surface area contributed by atoms with Crippen molar-refractivity contribution in [1.29, 1.82) is 0 Å². The number of amides is 2.